The second kappa shape index (κ2) is 6.89. The molecule has 0 bridgehead atoms. The highest BCUT2D eigenvalue weighted by atomic mass is 127. The predicted octanol–water partition coefficient (Wildman–Crippen LogP) is 2.07. The van der Waals surface area contributed by atoms with Crippen molar-refractivity contribution in [2.45, 2.75) is 25.4 Å². The van der Waals surface area contributed by atoms with Gasteiger partial charge >= 0.3 is 6.18 Å². The average molecular weight is 359 g/mol. The largest absolute Gasteiger partial charge is 0.389 e. The molecule has 0 aliphatic rings. The third kappa shape index (κ3) is 10.7. The fourth-order valence-corrected chi connectivity index (χ4v) is 2.33. The van der Waals surface area contributed by atoms with Crippen LogP contribution in [0.25, 0.3) is 0 Å². The van der Waals surface area contributed by atoms with Crippen LogP contribution in [-0.4, -0.2) is 31.3 Å². The van der Waals surface area contributed by atoms with Crippen LogP contribution in [0.15, 0.2) is 0 Å². The van der Waals surface area contributed by atoms with Crippen molar-refractivity contribution in [1.82, 2.24) is 4.72 Å². The molecule has 0 fully saturated rings. The molecule has 1 N–H and O–H groups in total. The van der Waals surface area contributed by atoms with E-state index in [4.69, 9.17) is 0 Å². The first-order chi connectivity index (χ1) is 6.77. The van der Waals surface area contributed by atoms with Crippen molar-refractivity contribution < 1.29 is 21.6 Å². The van der Waals surface area contributed by atoms with Gasteiger partial charge in [-0.25, -0.2) is 13.1 Å². The van der Waals surface area contributed by atoms with Gasteiger partial charge in [-0.05, 0) is 12.8 Å². The van der Waals surface area contributed by atoms with Gasteiger partial charge in [0, 0.05) is 17.4 Å². The molecule has 15 heavy (non-hydrogen) atoms. The molecule has 0 spiro atoms. The van der Waals surface area contributed by atoms with Crippen molar-refractivity contribution in [2.24, 2.45) is 0 Å². The summed E-state index contributed by atoms with van der Waals surface area (Å²) in [6.45, 7) is 0.289. The Bertz CT molecular complexity index is 266. The number of hydrogen-bond acceptors (Lipinski definition) is 2. The van der Waals surface area contributed by atoms with Crippen LogP contribution in [0, 0.1) is 0 Å². The maximum Gasteiger partial charge on any atom is 0.389 e. The summed E-state index contributed by atoms with van der Waals surface area (Å²) in [5, 5.41) is 0. The number of alkyl halides is 4. The van der Waals surface area contributed by atoms with Gasteiger partial charge < -0.3 is 0 Å². The van der Waals surface area contributed by atoms with Crippen molar-refractivity contribution in [3.8, 4) is 0 Å². The first-order valence-corrected chi connectivity index (χ1v) is 7.55. The molecule has 0 unspecified atom stereocenters. The monoisotopic (exact) mass is 359 g/mol. The second-order valence-corrected chi connectivity index (χ2v) is 5.98. The summed E-state index contributed by atoms with van der Waals surface area (Å²) in [7, 11) is -3.53. The maximum atomic E-state index is 11.7. The maximum absolute atomic E-state index is 11.7. The lowest BCUT2D eigenvalue weighted by molar-refractivity contribution is -0.134. The Hall–Kier alpha value is 0.430. The molecule has 0 aromatic rings. The summed E-state index contributed by atoms with van der Waals surface area (Å²) in [5.41, 5.74) is 0. The molecule has 0 amide bonds. The Morgan fingerprint density at radius 3 is 2.27 bits per heavy atom. The quantitative estimate of drug-likeness (QED) is 0.430. The molecule has 0 aromatic heterocycles. The summed E-state index contributed by atoms with van der Waals surface area (Å²) in [4.78, 5) is 0. The highest BCUT2D eigenvalue weighted by molar-refractivity contribution is 14.1. The highest BCUT2D eigenvalue weighted by Crippen LogP contribution is 2.21. The number of sulfonamides is 1. The van der Waals surface area contributed by atoms with E-state index in [9.17, 15) is 21.6 Å². The number of halogens is 4. The third-order valence-electron chi connectivity index (χ3n) is 1.51. The molecule has 0 rings (SSSR count). The Morgan fingerprint density at radius 1 is 1.20 bits per heavy atom. The van der Waals surface area contributed by atoms with E-state index in [1.807, 2.05) is 0 Å². The van der Waals surface area contributed by atoms with Gasteiger partial charge in [0.05, 0.1) is 5.75 Å². The molecule has 0 saturated carbocycles. The average Bonchev–Trinajstić information content (AvgIpc) is 2.01. The number of hydrogen-bond donors (Lipinski definition) is 1. The predicted molar refractivity (Wildman–Crippen MR) is 60.6 cm³/mol. The van der Waals surface area contributed by atoms with Gasteiger partial charge in [0.25, 0.3) is 0 Å². The van der Waals surface area contributed by atoms with Crippen LogP contribution >= 0.6 is 22.6 Å². The van der Waals surface area contributed by atoms with Crippen LogP contribution in [0.1, 0.15) is 19.3 Å². The minimum absolute atomic E-state index is 0.289. The fourth-order valence-electron chi connectivity index (χ4n) is 0.829. The third-order valence-corrected chi connectivity index (χ3v) is 3.74. The molecule has 0 saturated heterocycles. The van der Waals surface area contributed by atoms with Gasteiger partial charge in [-0.1, -0.05) is 22.6 Å². The van der Waals surface area contributed by atoms with E-state index in [1.165, 1.54) is 0 Å². The zero-order chi connectivity index (χ0) is 11.9. The second-order valence-electron chi connectivity index (χ2n) is 2.97. The standard InChI is InChI=1S/C7H13F3INO2S/c8-7(9,10)3-1-6-15(13,14)12-5-2-4-11/h12H,1-6H2. The number of rotatable bonds is 7. The molecule has 0 aliphatic carbocycles. The highest BCUT2D eigenvalue weighted by Gasteiger charge is 2.27. The molecular formula is C7H13F3INO2S. The lowest BCUT2D eigenvalue weighted by Gasteiger charge is -2.07. The zero-order valence-corrected chi connectivity index (χ0v) is 11.0. The Morgan fingerprint density at radius 2 is 1.80 bits per heavy atom. The van der Waals surface area contributed by atoms with E-state index in [1.54, 1.807) is 0 Å². The molecule has 3 nitrogen and oxygen atoms in total. The van der Waals surface area contributed by atoms with Gasteiger partial charge in [-0.2, -0.15) is 13.2 Å². The minimum atomic E-state index is -4.28. The topological polar surface area (TPSA) is 46.2 Å². The zero-order valence-electron chi connectivity index (χ0n) is 7.98. The summed E-state index contributed by atoms with van der Waals surface area (Å²) in [6, 6.07) is 0. The van der Waals surface area contributed by atoms with E-state index >= 15 is 0 Å². The van der Waals surface area contributed by atoms with Crippen molar-refractivity contribution in [3.05, 3.63) is 0 Å². The lowest BCUT2D eigenvalue weighted by atomic mass is 10.3. The van der Waals surface area contributed by atoms with Gasteiger partial charge in [-0.15, -0.1) is 0 Å². The van der Waals surface area contributed by atoms with Gasteiger partial charge in [0.2, 0.25) is 10.0 Å². The summed E-state index contributed by atoms with van der Waals surface area (Å²) in [5.74, 6) is -0.465. The van der Waals surface area contributed by atoms with E-state index in [0.717, 1.165) is 4.43 Å². The van der Waals surface area contributed by atoms with Crippen molar-refractivity contribution in [3.63, 3.8) is 0 Å². The molecule has 0 aliphatic heterocycles. The van der Waals surface area contributed by atoms with E-state index < -0.39 is 28.4 Å². The van der Waals surface area contributed by atoms with Crippen LogP contribution in [0.4, 0.5) is 13.2 Å². The Labute approximate surface area is 101 Å². The van der Waals surface area contributed by atoms with E-state index in [-0.39, 0.29) is 13.0 Å². The number of nitrogens with one attached hydrogen (secondary N) is 1. The molecule has 92 valence electrons. The molecule has 0 radical (unpaired) electrons. The molecule has 0 aromatic carbocycles. The van der Waals surface area contributed by atoms with E-state index in [0.29, 0.717) is 6.42 Å². The molecule has 0 heterocycles. The minimum Gasteiger partial charge on any atom is -0.215 e. The van der Waals surface area contributed by atoms with Crippen LogP contribution in [0.3, 0.4) is 0 Å². The van der Waals surface area contributed by atoms with Crippen LogP contribution in [0.2, 0.25) is 0 Å². The Kier molecular flexibility index (Phi) is 7.09. The molecule has 0 atom stereocenters. The summed E-state index contributed by atoms with van der Waals surface area (Å²) >= 11 is 2.09. The van der Waals surface area contributed by atoms with Gasteiger partial charge in [0.15, 0.2) is 0 Å². The summed E-state index contributed by atoms with van der Waals surface area (Å²) < 4.78 is 60.4. The molecule has 8 heteroatoms. The lowest BCUT2D eigenvalue weighted by Crippen LogP contribution is -2.28. The van der Waals surface area contributed by atoms with E-state index in [2.05, 4.69) is 27.3 Å². The van der Waals surface area contributed by atoms with Crippen LogP contribution in [-0.2, 0) is 10.0 Å². The normalized spacial score (nSPS) is 13.1. The first kappa shape index (κ1) is 15.4. The van der Waals surface area contributed by atoms with Gasteiger partial charge in [0.1, 0.15) is 0 Å². The van der Waals surface area contributed by atoms with Crippen molar-refractivity contribution in [2.75, 3.05) is 16.7 Å². The van der Waals surface area contributed by atoms with Crippen LogP contribution < -0.4 is 4.72 Å². The SMILES string of the molecule is O=S(=O)(CCCC(F)(F)F)NCCCI. The molecular weight excluding hydrogens is 346 g/mol. The Balaban J connectivity index is 3.75. The van der Waals surface area contributed by atoms with Gasteiger partial charge in [-0.3, -0.25) is 0 Å². The summed E-state index contributed by atoms with van der Waals surface area (Å²) in [6.07, 6.45) is -5.04. The van der Waals surface area contributed by atoms with Crippen molar-refractivity contribution in [1.29, 1.82) is 0 Å². The first-order valence-electron chi connectivity index (χ1n) is 4.37. The van der Waals surface area contributed by atoms with Crippen LogP contribution in [0.5, 0.6) is 0 Å². The smallest absolute Gasteiger partial charge is 0.215 e. The van der Waals surface area contributed by atoms with Crippen molar-refractivity contribution >= 4 is 32.6 Å². The fraction of sp³-hybridized carbons (Fsp3) is 1.00.